The van der Waals surface area contributed by atoms with Crippen LogP contribution in [0, 0.1) is 0 Å². The molecule has 0 bridgehead atoms. The summed E-state index contributed by atoms with van der Waals surface area (Å²) in [6, 6.07) is 14.8. The van der Waals surface area contributed by atoms with Gasteiger partial charge in [0.15, 0.2) is 11.5 Å². The number of methoxy groups -OCH3 is 3. The molecule has 1 atom stereocenters. The van der Waals surface area contributed by atoms with Gasteiger partial charge in [-0.25, -0.2) is 0 Å². The summed E-state index contributed by atoms with van der Waals surface area (Å²) in [4.78, 5) is 0. The minimum absolute atomic E-state index is 0.372. The second kappa shape index (κ2) is 8.44. The van der Waals surface area contributed by atoms with Crippen molar-refractivity contribution in [3.8, 4) is 17.2 Å². The lowest BCUT2D eigenvalue weighted by molar-refractivity contribution is 0.323. The van der Waals surface area contributed by atoms with E-state index in [2.05, 4.69) is 36.5 Å². The fourth-order valence-corrected chi connectivity index (χ4v) is 2.57. The first kappa shape index (κ1) is 17.2. The molecule has 1 unspecified atom stereocenters. The highest BCUT2D eigenvalue weighted by atomic mass is 16.5. The molecule has 0 fully saturated rings. The van der Waals surface area contributed by atoms with Crippen molar-refractivity contribution in [1.29, 1.82) is 0 Å². The maximum Gasteiger partial charge on any atom is 0.203 e. The maximum absolute atomic E-state index is 5.39. The van der Waals surface area contributed by atoms with Crippen LogP contribution >= 0.6 is 0 Å². The van der Waals surface area contributed by atoms with Crippen molar-refractivity contribution in [2.24, 2.45) is 0 Å². The van der Waals surface area contributed by atoms with Gasteiger partial charge in [-0.05, 0) is 36.6 Å². The van der Waals surface area contributed by atoms with Crippen LogP contribution in [0.3, 0.4) is 0 Å². The highest BCUT2D eigenvalue weighted by Gasteiger charge is 2.13. The zero-order chi connectivity index (χ0) is 16.7. The topological polar surface area (TPSA) is 39.7 Å². The molecule has 23 heavy (non-hydrogen) atoms. The molecule has 0 aliphatic carbocycles. The van der Waals surface area contributed by atoms with E-state index in [1.165, 1.54) is 5.56 Å². The number of nitrogens with one attached hydrogen (secondary N) is 1. The zero-order valence-electron chi connectivity index (χ0n) is 14.3. The molecule has 2 aromatic rings. The molecule has 0 aliphatic heterocycles. The third-order valence-corrected chi connectivity index (χ3v) is 3.76. The van der Waals surface area contributed by atoms with Gasteiger partial charge >= 0.3 is 0 Å². The van der Waals surface area contributed by atoms with Gasteiger partial charge in [0.2, 0.25) is 5.75 Å². The number of hydrogen-bond donors (Lipinski definition) is 1. The van der Waals surface area contributed by atoms with E-state index in [1.54, 1.807) is 21.3 Å². The molecule has 0 amide bonds. The Labute approximate surface area is 138 Å². The van der Waals surface area contributed by atoms with E-state index in [0.717, 1.165) is 18.5 Å². The van der Waals surface area contributed by atoms with Gasteiger partial charge in [-0.1, -0.05) is 30.3 Å². The number of rotatable bonds is 8. The molecule has 4 nitrogen and oxygen atoms in total. The zero-order valence-corrected chi connectivity index (χ0v) is 14.3. The van der Waals surface area contributed by atoms with Gasteiger partial charge in [0.25, 0.3) is 0 Å². The summed E-state index contributed by atoms with van der Waals surface area (Å²) >= 11 is 0. The lowest BCUT2D eigenvalue weighted by Gasteiger charge is -2.17. The fourth-order valence-electron chi connectivity index (χ4n) is 2.57. The first-order valence-corrected chi connectivity index (χ1v) is 7.74. The molecular formula is C19H25NO3. The first-order chi connectivity index (χ1) is 11.2. The Morgan fingerprint density at radius 1 is 0.870 bits per heavy atom. The predicted octanol–water partition coefficient (Wildman–Crippen LogP) is 3.43. The second-order valence-corrected chi connectivity index (χ2v) is 5.51. The molecular weight excluding hydrogens is 290 g/mol. The van der Waals surface area contributed by atoms with Crippen LogP contribution in [0.4, 0.5) is 0 Å². The van der Waals surface area contributed by atoms with Gasteiger partial charge in [0, 0.05) is 12.6 Å². The normalized spacial score (nSPS) is 11.8. The van der Waals surface area contributed by atoms with Crippen molar-refractivity contribution < 1.29 is 14.2 Å². The molecule has 0 radical (unpaired) electrons. The Balaban J connectivity index is 2.02. The molecule has 0 saturated heterocycles. The fraction of sp³-hybridized carbons (Fsp3) is 0.368. The largest absolute Gasteiger partial charge is 0.493 e. The van der Waals surface area contributed by atoms with Gasteiger partial charge in [0.1, 0.15) is 0 Å². The van der Waals surface area contributed by atoms with Crippen LogP contribution in [0.5, 0.6) is 17.2 Å². The number of hydrogen-bond acceptors (Lipinski definition) is 4. The summed E-state index contributed by atoms with van der Waals surface area (Å²) in [6.45, 7) is 2.93. The molecule has 1 N–H and O–H groups in total. The molecule has 124 valence electrons. The summed E-state index contributed by atoms with van der Waals surface area (Å²) in [5.41, 5.74) is 2.43. The van der Waals surface area contributed by atoms with Crippen LogP contribution in [-0.2, 0) is 13.0 Å². The number of ether oxygens (including phenoxy) is 3. The van der Waals surface area contributed by atoms with Crippen molar-refractivity contribution in [3.63, 3.8) is 0 Å². The van der Waals surface area contributed by atoms with Gasteiger partial charge in [-0.2, -0.15) is 0 Å². The monoisotopic (exact) mass is 315 g/mol. The SMILES string of the molecule is COc1cc(CNC(C)Cc2ccccc2)cc(OC)c1OC. The van der Waals surface area contributed by atoms with Crippen LogP contribution in [0.15, 0.2) is 42.5 Å². The van der Waals surface area contributed by atoms with Crippen LogP contribution in [0.2, 0.25) is 0 Å². The summed E-state index contributed by atoms with van der Waals surface area (Å²) in [7, 11) is 4.87. The van der Waals surface area contributed by atoms with E-state index in [1.807, 2.05) is 18.2 Å². The lowest BCUT2D eigenvalue weighted by atomic mass is 10.1. The van der Waals surface area contributed by atoms with E-state index in [-0.39, 0.29) is 0 Å². The first-order valence-electron chi connectivity index (χ1n) is 7.74. The Bertz CT molecular complexity index is 588. The average molecular weight is 315 g/mol. The highest BCUT2D eigenvalue weighted by Crippen LogP contribution is 2.38. The summed E-state index contributed by atoms with van der Waals surface area (Å²) in [6.07, 6.45) is 0.991. The molecule has 0 heterocycles. The summed E-state index contributed by atoms with van der Waals surface area (Å²) < 4.78 is 16.1. The Morgan fingerprint density at radius 3 is 2.00 bits per heavy atom. The minimum atomic E-state index is 0.372. The van der Waals surface area contributed by atoms with Crippen LogP contribution in [-0.4, -0.2) is 27.4 Å². The van der Waals surface area contributed by atoms with E-state index in [4.69, 9.17) is 14.2 Å². The highest BCUT2D eigenvalue weighted by molar-refractivity contribution is 5.53. The van der Waals surface area contributed by atoms with Gasteiger partial charge in [0.05, 0.1) is 21.3 Å². The van der Waals surface area contributed by atoms with Gasteiger partial charge in [-0.3, -0.25) is 0 Å². The van der Waals surface area contributed by atoms with Crippen molar-refractivity contribution in [2.45, 2.75) is 25.9 Å². The summed E-state index contributed by atoms with van der Waals surface area (Å²) in [5.74, 6) is 1.98. The smallest absolute Gasteiger partial charge is 0.203 e. The van der Waals surface area contributed by atoms with Crippen molar-refractivity contribution in [3.05, 3.63) is 53.6 Å². The standard InChI is InChI=1S/C19H25NO3/c1-14(10-15-8-6-5-7-9-15)20-13-16-11-17(21-2)19(23-4)18(12-16)22-3/h5-9,11-12,14,20H,10,13H2,1-4H3. The van der Waals surface area contributed by atoms with Gasteiger partial charge in [-0.15, -0.1) is 0 Å². The lowest BCUT2D eigenvalue weighted by Crippen LogP contribution is -2.27. The quantitative estimate of drug-likeness (QED) is 0.810. The predicted molar refractivity (Wildman–Crippen MR) is 92.5 cm³/mol. The minimum Gasteiger partial charge on any atom is -0.493 e. The molecule has 4 heteroatoms. The molecule has 0 aliphatic rings. The average Bonchev–Trinajstić information content (AvgIpc) is 2.59. The van der Waals surface area contributed by atoms with E-state index < -0.39 is 0 Å². The Hall–Kier alpha value is -2.20. The third-order valence-electron chi connectivity index (χ3n) is 3.76. The van der Waals surface area contributed by atoms with Crippen LogP contribution < -0.4 is 19.5 Å². The molecule has 0 aromatic heterocycles. The Morgan fingerprint density at radius 2 is 1.48 bits per heavy atom. The molecule has 0 saturated carbocycles. The number of benzene rings is 2. The van der Waals surface area contributed by atoms with Crippen LogP contribution in [0.1, 0.15) is 18.1 Å². The third kappa shape index (κ3) is 4.63. The van der Waals surface area contributed by atoms with E-state index >= 15 is 0 Å². The molecule has 2 rings (SSSR count). The van der Waals surface area contributed by atoms with Crippen LogP contribution in [0.25, 0.3) is 0 Å². The second-order valence-electron chi connectivity index (χ2n) is 5.51. The summed E-state index contributed by atoms with van der Waals surface area (Å²) in [5, 5.41) is 3.54. The van der Waals surface area contributed by atoms with Crippen molar-refractivity contribution >= 4 is 0 Å². The maximum atomic E-state index is 5.39. The molecule has 0 spiro atoms. The molecule has 2 aromatic carbocycles. The van der Waals surface area contributed by atoms with E-state index in [9.17, 15) is 0 Å². The Kier molecular flexibility index (Phi) is 6.29. The van der Waals surface area contributed by atoms with Crippen molar-refractivity contribution in [2.75, 3.05) is 21.3 Å². The van der Waals surface area contributed by atoms with E-state index in [0.29, 0.717) is 23.3 Å². The van der Waals surface area contributed by atoms with Gasteiger partial charge < -0.3 is 19.5 Å². The van der Waals surface area contributed by atoms with Crippen molar-refractivity contribution in [1.82, 2.24) is 5.32 Å².